The molecular weight excluding hydrogens is 303 g/mol. The van der Waals surface area contributed by atoms with E-state index in [2.05, 4.69) is 22.5 Å². The zero-order chi connectivity index (χ0) is 15.0. The second-order valence-corrected chi connectivity index (χ2v) is 6.20. The van der Waals surface area contributed by atoms with Crippen LogP contribution in [-0.2, 0) is 0 Å². The van der Waals surface area contributed by atoms with Crippen molar-refractivity contribution in [2.24, 2.45) is 0 Å². The number of hydrogen-bond donors (Lipinski definition) is 0. The summed E-state index contributed by atoms with van der Waals surface area (Å²) < 4.78 is 2.17. The van der Waals surface area contributed by atoms with Crippen molar-refractivity contribution in [3.63, 3.8) is 0 Å². The van der Waals surface area contributed by atoms with Crippen LogP contribution < -0.4 is 0 Å². The number of benzene rings is 2. The van der Waals surface area contributed by atoms with E-state index in [-0.39, 0.29) is 11.4 Å². The van der Waals surface area contributed by atoms with Gasteiger partial charge in [-0.2, -0.15) is 0 Å². The number of nitrogens with zero attached hydrogens (tertiary/aromatic N) is 2. The molecule has 3 aromatic rings. The first kappa shape index (κ1) is 14.4. The van der Waals surface area contributed by atoms with Crippen molar-refractivity contribution in [2.75, 3.05) is 0 Å². The minimum absolute atomic E-state index is 0.0716. The van der Waals surface area contributed by atoms with Crippen LogP contribution in [0.2, 0.25) is 5.02 Å². The van der Waals surface area contributed by atoms with Crippen LogP contribution in [0.1, 0.15) is 36.7 Å². The van der Waals surface area contributed by atoms with E-state index in [0.29, 0.717) is 0 Å². The Kier molecular flexibility index (Phi) is 3.92. The van der Waals surface area contributed by atoms with E-state index in [4.69, 9.17) is 23.2 Å². The standard InChI is InChI=1S/C17H16Cl2N2/c1-11(18)17-20-15-9-5-6-10-16(15)21(17)12(2)13-7-3-4-8-14(13)19/h3-12H,1-2H3. The highest BCUT2D eigenvalue weighted by Crippen LogP contribution is 2.33. The Morgan fingerprint density at radius 2 is 1.67 bits per heavy atom. The number of alkyl halides is 1. The van der Waals surface area contributed by atoms with Gasteiger partial charge in [-0.1, -0.05) is 41.9 Å². The Bertz CT molecular complexity index is 777. The molecule has 2 aromatic carbocycles. The lowest BCUT2D eigenvalue weighted by Crippen LogP contribution is -2.11. The number of imidazole rings is 1. The van der Waals surface area contributed by atoms with Crippen LogP contribution in [0.3, 0.4) is 0 Å². The van der Waals surface area contributed by atoms with Gasteiger partial charge in [0.15, 0.2) is 0 Å². The summed E-state index contributed by atoms with van der Waals surface area (Å²) in [5.41, 5.74) is 3.10. The third-order valence-electron chi connectivity index (χ3n) is 3.72. The molecule has 0 aliphatic rings. The van der Waals surface area contributed by atoms with Gasteiger partial charge in [-0.3, -0.25) is 0 Å². The molecule has 0 saturated heterocycles. The fourth-order valence-corrected chi connectivity index (χ4v) is 3.15. The maximum Gasteiger partial charge on any atom is 0.128 e. The molecule has 21 heavy (non-hydrogen) atoms. The molecule has 0 radical (unpaired) electrons. The molecule has 2 nitrogen and oxygen atoms in total. The zero-order valence-corrected chi connectivity index (χ0v) is 13.4. The molecule has 3 rings (SSSR count). The van der Waals surface area contributed by atoms with Crippen molar-refractivity contribution in [3.8, 4) is 0 Å². The molecule has 0 amide bonds. The van der Waals surface area contributed by atoms with Crippen LogP contribution in [0, 0.1) is 0 Å². The summed E-state index contributed by atoms with van der Waals surface area (Å²) >= 11 is 12.7. The van der Waals surface area contributed by atoms with Crippen molar-refractivity contribution in [1.82, 2.24) is 9.55 Å². The second kappa shape index (κ2) is 5.70. The van der Waals surface area contributed by atoms with Gasteiger partial charge in [-0.25, -0.2) is 4.98 Å². The molecule has 0 N–H and O–H groups in total. The number of hydrogen-bond acceptors (Lipinski definition) is 1. The SMILES string of the molecule is CC(Cl)c1nc2ccccc2n1C(C)c1ccccc1Cl. The summed E-state index contributed by atoms with van der Waals surface area (Å²) in [6.07, 6.45) is 0. The Morgan fingerprint density at radius 3 is 2.38 bits per heavy atom. The topological polar surface area (TPSA) is 17.8 Å². The van der Waals surface area contributed by atoms with Crippen molar-refractivity contribution in [2.45, 2.75) is 25.3 Å². The van der Waals surface area contributed by atoms with E-state index in [1.807, 2.05) is 49.4 Å². The van der Waals surface area contributed by atoms with Crippen molar-refractivity contribution in [3.05, 3.63) is 64.9 Å². The Labute approximate surface area is 134 Å². The van der Waals surface area contributed by atoms with Gasteiger partial charge in [-0.15, -0.1) is 11.6 Å². The van der Waals surface area contributed by atoms with Crippen molar-refractivity contribution >= 4 is 34.2 Å². The van der Waals surface area contributed by atoms with Crippen LogP contribution in [0.15, 0.2) is 48.5 Å². The lowest BCUT2D eigenvalue weighted by atomic mass is 10.1. The molecule has 1 heterocycles. The van der Waals surface area contributed by atoms with Crippen LogP contribution in [0.5, 0.6) is 0 Å². The largest absolute Gasteiger partial charge is 0.319 e. The summed E-state index contributed by atoms with van der Waals surface area (Å²) in [6, 6.07) is 16.1. The maximum atomic E-state index is 6.35. The predicted octanol–water partition coefficient (Wildman–Crippen LogP) is 5.60. The summed E-state index contributed by atoms with van der Waals surface area (Å²) in [5, 5.41) is 0.596. The number of para-hydroxylation sites is 2. The van der Waals surface area contributed by atoms with E-state index in [1.165, 1.54) is 0 Å². The number of aromatic nitrogens is 2. The van der Waals surface area contributed by atoms with Crippen LogP contribution in [0.25, 0.3) is 11.0 Å². The minimum atomic E-state index is -0.165. The summed E-state index contributed by atoms with van der Waals surface area (Å²) in [7, 11) is 0. The first-order valence-corrected chi connectivity index (χ1v) is 7.76. The fraction of sp³-hybridized carbons (Fsp3) is 0.235. The van der Waals surface area contributed by atoms with E-state index in [9.17, 15) is 0 Å². The zero-order valence-electron chi connectivity index (χ0n) is 11.9. The highest BCUT2D eigenvalue weighted by Gasteiger charge is 2.21. The third kappa shape index (κ3) is 2.54. The first-order chi connectivity index (χ1) is 10.1. The van der Waals surface area contributed by atoms with E-state index in [0.717, 1.165) is 27.4 Å². The van der Waals surface area contributed by atoms with Crippen LogP contribution >= 0.6 is 23.2 Å². The Hall–Kier alpha value is -1.51. The molecule has 0 aliphatic heterocycles. The minimum Gasteiger partial charge on any atom is -0.319 e. The first-order valence-electron chi connectivity index (χ1n) is 6.95. The monoisotopic (exact) mass is 318 g/mol. The number of fused-ring (bicyclic) bond motifs is 1. The van der Waals surface area contributed by atoms with Gasteiger partial charge in [0.2, 0.25) is 0 Å². The molecular formula is C17H16Cl2N2. The van der Waals surface area contributed by atoms with Gasteiger partial charge < -0.3 is 4.57 Å². The van der Waals surface area contributed by atoms with Crippen LogP contribution in [-0.4, -0.2) is 9.55 Å². The molecule has 0 saturated carbocycles. The second-order valence-electron chi connectivity index (χ2n) is 5.14. The molecule has 2 atom stereocenters. The molecule has 0 bridgehead atoms. The van der Waals surface area contributed by atoms with E-state index < -0.39 is 0 Å². The Balaban J connectivity index is 2.23. The average molecular weight is 319 g/mol. The normalized spacial score (nSPS) is 14.3. The average Bonchev–Trinajstić information content (AvgIpc) is 2.86. The van der Waals surface area contributed by atoms with Gasteiger partial charge in [0, 0.05) is 5.02 Å². The molecule has 1 aromatic heterocycles. The maximum absolute atomic E-state index is 6.35. The fourth-order valence-electron chi connectivity index (χ4n) is 2.70. The highest BCUT2D eigenvalue weighted by molar-refractivity contribution is 6.31. The molecule has 2 unspecified atom stereocenters. The summed E-state index contributed by atoms with van der Waals surface area (Å²) in [6.45, 7) is 4.07. The van der Waals surface area contributed by atoms with Gasteiger partial charge in [0.25, 0.3) is 0 Å². The lowest BCUT2D eigenvalue weighted by molar-refractivity contribution is 0.619. The van der Waals surface area contributed by atoms with Crippen LogP contribution in [0.4, 0.5) is 0 Å². The smallest absolute Gasteiger partial charge is 0.128 e. The molecule has 0 fully saturated rings. The molecule has 0 spiro atoms. The molecule has 108 valence electrons. The summed E-state index contributed by atoms with van der Waals surface area (Å²) in [4.78, 5) is 4.68. The van der Waals surface area contributed by atoms with Gasteiger partial charge in [0.1, 0.15) is 5.82 Å². The lowest BCUT2D eigenvalue weighted by Gasteiger charge is -2.20. The van der Waals surface area contributed by atoms with E-state index in [1.54, 1.807) is 0 Å². The number of rotatable bonds is 3. The van der Waals surface area contributed by atoms with Gasteiger partial charge in [0.05, 0.1) is 22.5 Å². The third-order valence-corrected chi connectivity index (χ3v) is 4.26. The van der Waals surface area contributed by atoms with E-state index >= 15 is 0 Å². The molecule has 0 aliphatic carbocycles. The van der Waals surface area contributed by atoms with Crippen molar-refractivity contribution < 1.29 is 0 Å². The quantitative estimate of drug-likeness (QED) is 0.575. The summed E-state index contributed by atoms with van der Waals surface area (Å²) in [5.74, 6) is 0.866. The highest BCUT2D eigenvalue weighted by atomic mass is 35.5. The van der Waals surface area contributed by atoms with Gasteiger partial charge in [-0.05, 0) is 37.6 Å². The molecule has 4 heteroatoms. The van der Waals surface area contributed by atoms with Gasteiger partial charge >= 0.3 is 0 Å². The predicted molar refractivity (Wildman–Crippen MR) is 89.3 cm³/mol. The van der Waals surface area contributed by atoms with Crippen molar-refractivity contribution in [1.29, 1.82) is 0 Å². The number of halogens is 2. The Morgan fingerprint density at radius 1 is 1.00 bits per heavy atom.